The maximum atomic E-state index is 13.2. The third kappa shape index (κ3) is 3.66. The van der Waals surface area contributed by atoms with Crippen LogP contribution in [0.1, 0.15) is 18.4 Å². The van der Waals surface area contributed by atoms with Crippen LogP contribution in [0.4, 0.5) is 10.2 Å². The number of benzene rings is 1. The molecular weight excluding hydrogens is 417 g/mol. The molecule has 3 aromatic rings. The van der Waals surface area contributed by atoms with Crippen LogP contribution in [0.5, 0.6) is 0 Å². The van der Waals surface area contributed by atoms with E-state index in [4.69, 9.17) is 5.26 Å². The monoisotopic (exact) mass is 439 g/mol. The summed E-state index contributed by atoms with van der Waals surface area (Å²) in [5.74, 6) is 1.11. The van der Waals surface area contributed by atoms with Gasteiger partial charge in [-0.1, -0.05) is 0 Å². The Morgan fingerprint density at radius 2 is 2.03 bits per heavy atom. The van der Waals surface area contributed by atoms with E-state index in [1.165, 1.54) is 30.5 Å². The van der Waals surface area contributed by atoms with E-state index in [1.807, 2.05) is 6.07 Å². The van der Waals surface area contributed by atoms with Gasteiger partial charge in [-0.05, 0) is 73.5 Å². The Bertz CT molecular complexity index is 1270. The lowest BCUT2D eigenvalue weighted by Gasteiger charge is -2.20. The number of aromatic amines is 1. The van der Waals surface area contributed by atoms with Gasteiger partial charge in [0.15, 0.2) is 9.84 Å². The molecule has 2 fully saturated rings. The number of nitrogens with one attached hydrogen (secondary N) is 3. The molecular formula is C22H22FN5O2S. The van der Waals surface area contributed by atoms with Crippen molar-refractivity contribution in [2.45, 2.75) is 23.1 Å². The highest BCUT2D eigenvalue weighted by atomic mass is 32.2. The smallest absolute Gasteiger partial charge is 0.194 e. The van der Waals surface area contributed by atoms with Crippen LogP contribution in [-0.4, -0.2) is 36.8 Å². The molecule has 0 amide bonds. The molecule has 4 atom stereocenters. The normalized spacial score (nSPS) is 25.4. The first-order valence-corrected chi connectivity index (χ1v) is 11.8. The highest BCUT2D eigenvalue weighted by Gasteiger charge is 2.48. The predicted molar refractivity (Wildman–Crippen MR) is 114 cm³/mol. The minimum absolute atomic E-state index is 0.0458. The summed E-state index contributed by atoms with van der Waals surface area (Å²) in [6, 6.07) is 10.9. The van der Waals surface area contributed by atoms with Crippen LogP contribution in [0.2, 0.25) is 0 Å². The van der Waals surface area contributed by atoms with Gasteiger partial charge in [0.2, 0.25) is 0 Å². The minimum Gasteiger partial charge on any atom is -0.371 e. The van der Waals surface area contributed by atoms with Gasteiger partial charge in [0.05, 0.1) is 10.5 Å². The highest BCUT2D eigenvalue weighted by molar-refractivity contribution is 7.92. The van der Waals surface area contributed by atoms with E-state index in [1.54, 1.807) is 6.07 Å². The van der Waals surface area contributed by atoms with Crippen LogP contribution >= 0.6 is 0 Å². The zero-order chi connectivity index (χ0) is 21.6. The van der Waals surface area contributed by atoms with E-state index in [0.29, 0.717) is 23.9 Å². The Hall–Kier alpha value is -2.96. The van der Waals surface area contributed by atoms with Crippen LogP contribution in [-0.2, 0) is 9.84 Å². The van der Waals surface area contributed by atoms with Crippen LogP contribution in [0, 0.1) is 34.9 Å². The second-order valence-electron chi connectivity index (χ2n) is 8.43. The number of anilines is 1. The number of aromatic nitrogens is 2. The number of halogens is 1. The van der Waals surface area contributed by atoms with Gasteiger partial charge in [0.1, 0.15) is 28.7 Å². The third-order valence-corrected chi connectivity index (χ3v) is 8.59. The molecule has 7 nitrogen and oxygen atoms in total. The summed E-state index contributed by atoms with van der Waals surface area (Å²) in [4.78, 5) is 7.63. The van der Waals surface area contributed by atoms with Crippen LogP contribution in [0.3, 0.4) is 0 Å². The molecule has 160 valence electrons. The summed E-state index contributed by atoms with van der Waals surface area (Å²) < 4.78 is 39.4. The van der Waals surface area contributed by atoms with Crippen molar-refractivity contribution in [1.29, 1.82) is 5.26 Å². The minimum atomic E-state index is -3.56. The van der Waals surface area contributed by atoms with E-state index in [2.05, 4.69) is 26.7 Å². The van der Waals surface area contributed by atoms with Crippen molar-refractivity contribution in [3.63, 3.8) is 0 Å². The van der Waals surface area contributed by atoms with Crippen molar-refractivity contribution in [2.24, 2.45) is 17.8 Å². The number of nitrogens with zero attached hydrogens (tertiary/aromatic N) is 2. The van der Waals surface area contributed by atoms with Crippen LogP contribution in [0.25, 0.3) is 11.0 Å². The molecule has 1 aliphatic carbocycles. The average molecular weight is 440 g/mol. The molecule has 1 saturated heterocycles. The van der Waals surface area contributed by atoms with Crippen molar-refractivity contribution in [3.05, 3.63) is 54.0 Å². The Balaban J connectivity index is 1.25. The molecule has 0 unspecified atom stereocenters. The maximum absolute atomic E-state index is 13.2. The number of hydrogen-bond acceptors (Lipinski definition) is 6. The lowest BCUT2D eigenvalue weighted by molar-refractivity contribution is 0.455. The molecule has 1 aromatic carbocycles. The number of rotatable bonds is 5. The Morgan fingerprint density at radius 3 is 2.81 bits per heavy atom. The summed E-state index contributed by atoms with van der Waals surface area (Å²) in [6.07, 6.45) is 3.31. The lowest BCUT2D eigenvalue weighted by Crippen LogP contribution is -2.36. The zero-order valence-corrected chi connectivity index (χ0v) is 17.5. The average Bonchev–Trinajstić information content (AvgIpc) is 3.45. The molecule has 3 heterocycles. The van der Waals surface area contributed by atoms with Crippen molar-refractivity contribution < 1.29 is 12.8 Å². The molecule has 5 rings (SSSR count). The summed E-state index contributed by atoms with van der Waals surface area (Å²) >= 11 is 0. The molecule has 1 aliphatic heterocycles. The SMILES string of the molecule is N#Cc1cnc2[nH]c(NC[C@H]3C[C@@H]4CN[C@@H](S(=O)(=O)c5ccc(F)cc5)[C@H]4C3)cc2c1. The van der Waals surface area contributed by atoms with E-state index in [9.17, 15) is 12.8 Å². The topological polar surface area (TPSA) is 111 Å². The molecule has 0 spiro atoms. The van der Waals surface area contributed by atoms with Gasteiger partial charge in [-0.25, -0.2) is 17.8 Å². The number of pyridine rings is 1. The fraction of sp³-hybridized carbons (Fsp3) is 0.364. The van der Waals surface area contributed by atoms with Gasteiger partial charge in [0, 0.05) is 18.1 Å². The quantitative estimate of drug-likeness (QED) is 0.527. The van der Waals surface area contributed by atoms with Crippen molar-refractivity contribution in [1.82, 2.24) is 15.3 Å². The highest BCUT2D eigenvalue weighted by Crippen LogP contribution is 2.44. The van der Waals surface area contributed by atoms with E-state index in [0.717, 1.165) is 36.2 Å². The zero-order valence-electron chi connectivity index (χ0n) is 16.7. The van der Waals surface area contributed by atoms with E-state index >= 15 is 0 Å². The molecule has 0 bridgehead atoms. The second-order valence-corrected chi connectivity index (χ2v) is 10.5. The van der Waals surface area contributed by atoms with E-state index < -0.39 is 21.0 Å². The molecule has 1 saturated carbocycles. The Morgan fingerprint density at radius 1 is 1.23 bits per heavy atom. The largest absolute Gasteiger partial charge is 0.371 e. The van der Waals surface area contributed by atoms with Crippen molar-refractivity contribution in [2.75, 3.05) is 18.4 Å². The molecule has 0 radical (unpaired) electrons. The molecule has 31 heavy (non-hydrogen) atoms. The number of H-pyrrole nitrogens is 1. The van der Waals surface area contributed by atoms with Gasteiger partial charge >= 0.3 is 0 Å². The van der Waals surface area contributed by atoms with Gasteiger partial charge in [-0.15, -0.1) is 0 Å². The Kier molecular flexibility index (Phi) is 4.91. The predicted octanol–water partition coefficient (Wildman–Crippen LogP) is 3.03. The molecule has 9 heteroatoms. The van der Waals surface area contributed by atoms with Gasteiger partial charge < -0.3 is 15.6 Å². The first kappa shape index (κ1) is 20.0. The summed E-state index contributed by atoms with van der Waals surface area (Å²) in [7, 11) is -3.56. The summed E-state index contributed by atoms with van der Waals surface area (Å²) in [5, 5.41) is 15.9. The lowest BCUT2D eigenvalue weighted by atomic mass is 10.0. The van der Waals surface area contributed by atoms with Crippen molar-refractivity contribution in [3.8, 4) is 6.07 Å². The first-order valence-electron chi connectivity index (χ1n) is 10.3. The summed E-state index contributed by atoms with van der Waals surface area (Å²) in [5.41, 5.74) is 1.24. The summed E-state index contributed by atoms with van der Waals surface area (Å²) in [6.45, 7) is 1.41. The number of fused-ring (bicyclic) bond motifs is 2. The first-order chi connectivity index (χ1) is 14.9. The molecule has 2 aliphatic rings. The fourth-order valence-corrected chi connectivity index (χ4v) is 6.92. The Labute approximate surface area is 179 Å². The maximum Gasteiger partial charge on any atom is 0.194 e. The number of nitriles is 1. The van der Waals surface area contributed by atoms with E-state index in [-0.39, 0.29) is 10.8 Å². The number of hydrogen-bond donors (Lipinski definition) is 3. The van der Waals surface area contributed by atoms with Gasteiger partial charge in [-0.2, -0.15) is 5.26 Å². The van der Waals surface area contributed by atoms with Crippen LogP contribution in [0.15, 0.2) is 47.5 Å². The second kappa shape index (κ2) is 7.62. The fourth-order valence-electron chi connectivity index (χ4n) is 5.00. The molecule has 2 aromatic heterocycles. The third-order valence-electron chi connectivity index (χ3n) is 6.47. The van der Waals surface area contributed by atoms with Crippen molar-refractivity contribution >= 4 is 26.7 Å². The molecule has 3 N–H and O–H groups in total. The van der Waals surface area contributed by atoms with Crippen LogP contribution < -0.4 is 10.6 Å². The number of sulfone groups is 1. The standard InChI is InChI=1S/C22H22FN5O2S/c23-17-1-3-18(4-2-17)31(29,30)22-19-7-13(5-16(19)12-27-22)10-25-20-8-15-6-14(9-24)11-26-21(15)28-20/h1-4,6,8,11,13,16,19,22,25,27H,5,7,10,12H2,(H,26,28)/t13-,16+,19-,22-/m0/s1. The van der Waals surface area contributed by atoms with Gasteiger partial charge in [-0.3, -0.25) is 0 Å². The van der Waals surface area contributed by atoms with Gasteiger partial charge in [0.25, 0.3) is 0 Å².